The number of nitrogens with zero attached hydrogens (tertiary/aromatic N) is 2. The average molecular weight is 448 g/mol. The minimum Gasteiger partial charge on any atom is -0.507 e. The van der Waals surface area contributed by atoms with E-state index >= 15 is 0 Å². The number of imide groups is 1. The maximum atomic E-state index is 12.9. The van der Waals surface area contributed by atoms with E-state index in [9.17, 15) is 19.5 Å². The molecule has 3 aromatic carbocycles. The predicted molar refractivity (Wildman–Crippen MR) is 122 cm³/mol. The highest BCUT2D eigenvalue weighted by molar-refractivity contribution is 6.36. The first kappa shape index (κ1) is 20.1. The van der Waals surface area contributed by atoms with Crippen molar-refractivity contribution in [1.29, 1.82) is 0 Å². The van der Waals surface area contributed by atoms with Crippen molar-refractivity contribution in [3.8, 4) is 16.9 Å². The van der Waals surface area contributed by atoms with E-state index in [1.54, 1.807) is 38.4 Å². The Bertz CT molecular complexity index is 1520. The molecule has 0 saturated carbocycles. The van der Waals surface area contributed by atoms with Crippen LogP contribution in [0.5, 0.6) is 5.75 Å². The maximum Gasteiger partial charge on any atom is 0.259 e. The fourth-order valence-corrected chi connectivity index (χ4v) is 4.62. The summed E-state index contributed by atoms with van der Waals surface area (Å²) < 4.78 is 1.84. The number of carbonyl (C=O) groups is 3. The van der Waals surface area contributed by atoms with Crippen LogP contribution in [0.1, 0.15) is 31.1 Å². The second kappa shape index (κ2) is 6.83. The number of carbonyl (C=O) groups excluding carboxylic acids is 3. The zero-order chi connectivity index (χ0) is 22.9. The number of amides is 3. The normalized spacial score (nSPS) is 13.0. The summed E-state index contributed by atoms with van der Waals surface area (Å²) in [6, 6.07) is 12.0. The van der Waals surface area contributed by atoms with E-state index < -0.39 is 11.8 Å². The number of aromatic hydroxyl groups is 1. The summed E-state index contributed by atoms with van der Waals surface area (Å²) in [6.07, 6.45) is 0. The molecular weight excluding hydrogens is 430 g/mol. The summed E-state index contributed by atoms with van der Waals surface area (Å²) in [6.45, 7) is 0. The molecule has 8 heteroatoms. The minimum atomic E-state index is -0.510. The monoisotopic (exact) mass is 447 g/mol. The van der Waals surface area contributed by atoms with Gasteiger partial charge in [-0.1, -0.05) is 29.8 Å². The fraction of sp³-hybridized carbons (Fsp3) is 0.125. The Morgan fingerprint density at radius 1 is 1.00 bits per heavy atom. The largest absolute Gasteiger partial charge is 0.507 e. The van der Waals surface area contributed by atoms with Gasteiger partial charge in [-0.05, 0) is 29.8 Å². The molecule has 0 aliphatic carbocycles. The lowest BCUT2D eigenvalue weighted by Crippen LogP contribution is -2.21. The lowest BCUT2D eigenvalue weighted by atomic mass is 9.92. The van der Waals surface area contributed by atoms with Crippen LogP contribution in [-0.2, 0) is 7.05 Å². The molecule has 32 heavy (non-hydrogen) atoms. The number of phenols is 1. The first-order valence-electron chi connectivity index (χ1n) is 9.85. The lowest BCUT2D eigenvalue weighted by molar-refractivity contribution is 0.0822. The van der Waals surface area contributed by atoms with Crippen LogP contribution in [0.25, 0.3) is 32.9 Å². The molecule has 0 radical (unpaired) electrons. The molecule has 2 heterocycles. The van der Waals surface area contributed by atoms with Crippen LogP contribution in [0.15, 0.2) is 42.5 Å². The number of aromatic nitrogens is 1. The van der Waals surface area contributed by atoms with Crippen molar-refractivity contribution in [3.05, 3.63) is 64.2 Å². The van der Waals surface area contributed by atoms with Crippen molar-refractivity contribution >= 4 is 51.1 Å². The minimum absolute atomic E-state index is 0.150. The third kappa shape index (κ3) is 2.64. The lowest BCUT2D eigenvalue weighted by Gasteiger charge is -2.12. The highest BCUT2D eigenvalue weighted by Crippen LogP contribution is 2.42. The number of nitrogens with one attached hydrogen (secondary N) is 1. The Balaban J connectivity index is 1.95. The molecule has 1 aliphatic rings. The van der Waals surface area contributed by atoms with E-state index in [4.69, 9.17) is 11.6 Å². The van der Waals surface area contributed by atoms with Crippen LogP contribution < -0.4 is 5.32 Å². The van der Waals surface area contributed by atoms with Gasteiger partial charge in [0.1, 0.15) is 5.75 Å². The van der Waals surface area contributed by atoms with Gasteiger partial charge in [-0.2, -0.15) is 0 Å². The Kier molecular flexibility index (Phi) is 4.29. The molecular formula is C24H18ClN3O4. The Hall–Kier alpha value is -3.84. The summed E-state index contributed by atoms with van der Waals surface area (Å²) in [5, 5.41) is 14.5. The number of phenolic OH excluding ortho intramolecular Hbond substituents is 1. The van der Waals surface area contributed by atoms with E-state index in [0.29, 0.717) is 38.0 Å². The van der Waals surface area contributed by atoms with Crippen LogP contribution in [0.2, 0.25) is 5.02 Å². The van der Waals surface area contributed by atoms with Crippen LogP contribution in [0.3, 0.4) is 0 Å². The summed E-state index contributed by atoms with van der Waals surface area (Å²) >= 11 is 6.42. The predicted octanol–water partition coefficient (Wildman–Crippen LogP) is 3.94. The van der Waals surface area contributed by atoms with Crippen molar-refractivity contribution in [2.75, 3.05) is 14.1 Å². The molecule has 3 amide bonds. The molecule has 1 aliphatic heterocycles. The zero-order valence-corrected chi connectivity index (χ0v) is 18.2. The molecule has 2 N–H and O–H groups in total. The van der Waals surface area contributed by atoms with Crippen LogP contribution in [0, 0.1) is 0 Å². The first-order chi connectivity index (χ1) is 15.2. The van der Waals surface area contributed by atoms with Gasteiger partial charge in [0.2, 0.25) is 0 Å². The molecule has 0 atom stereocenters. The van der Waals surface area contributed by atoms with E-state index in [0.717, 1.165) is 0 Å². The summed E-state index contributed by atoms with van der Waals surface area (Å²) in [4.78, 5) is 39.5. The first-order valence-corrected chi connectivity index (χ1v) is 10.2. The Morgan fingerprint density at radius 2 is 1.69 bits per heavy atom. The molecule has 0 saturated heterocycles. The van der Waals surface area contributed by atoms with Crippen molar-refractivity contribution < 1.29 is 19.5 Å². The molecule has 1 aromatic heterocycles. The highest BCUT2D eigenvalue weighted by Gasteiger charge is 2.35. The van der Waals surface area contributed by atoms with Gasteiger partial charge < -0.3 is 14.6 Å². The second-order valence-corrected chi connectivity index (χ2v) is 8.38. The van der Waals surface area contributed by atoms with E-state index in [1.807, 2.05) is 23.7 Å². The number of rotatable bonds is 2. The number of halogens is 1. The van der Waals surface area contributed by atoms with Crippen molar-refractivity contribution in [2.45, 2.75) is 0 Å². The van der Waals surface area contributed by atoms with Crippen LogP contribution in [-0.4, -0.2) is 46.4 Å². The van der Waals surface area contributed by atoms with Gasteiger partial charge in [-0.3, -0.25) is 19.7 Å². The van der Waals surface area contributed by atoms with Gasteiger partial charge in [0.15, 0.2) is 0 Å². The SMILES string of the molecule is CN(C)C(=O)c1cc2c(cc1O)c1c3c(c(-c4ccccc4Cl)cc1n2C)C(=O)NC3=O. The van der Waals surface area contributed by atoms with Crippen LogP contribution >= 0.6 is 11.6 Å². The molecule has 7 nitrogen and oxygen atoms in total. The molecule has 0 unspecified atom stereocenters. The van der Waals surface area contributed by atoms with E-state index in [1.165, 1.54) is 11.0 Å². The molecule has 0 fully saturated rings. The van der Waals surface area contributed by atoms with Crippen molar-refractivity contribution in [1.82, 2.24) is 14.8 Å². The van der Waals surface area contributed by atoms with Gasteiger partial charge in [-0.15, -0.1) is 0 Å². The summed E-state index contributed by atoms with van der Waals surface area (Å²) in [5.41, 5.74) is 3.13. The Morgan fingerprint density at radius 3 is 2.38 bits per heavy atom. The molecule has 4 aromatic rings. The number of hydrogen-bond donors (Lipinski definition) is 2. The van der Waals surface area contributed by atoms with Crippen LogP contribution in [0.4, 0.5) is 0 Å². The van der Waals surface area contributed by atoms with Crippen molar-refractivity contribution in [3.63, 3.8) is 0 Å². The zero-order valence-electron chi connectivity index (χ0n) is 17.5. The summed E-state index contributed by atoms with van der Waals surface area (Å²) in [5.74, 6) is -1.55. The highest BCUT2D eigenvalue weighted by atomic mass is 35.5. The summed E-state index contributed by atoms with van der Waals surface area (Å²) in [7, 11) is 5.02. The van der Waals surface area contributed by atoms with Gasteiger partial charge in [0.05, 0.1) is 22.2 Å². The number of aryl methyl sites for hydroxylation is 1. The van der Waals surface area contributed by atoms with E-state index in [2.05, 4.69) is 5.32 Å². The molecule has 5 rings (SSSR count). The van der Waals surface area contributed by atoms with E-state index in [-0.39, 0.29) is 28.3 Å². The second-order valence-electron chi connectivity index (χ2n) is 7.98. The van der Waals surface area contributed by atoms with Crippen molar-refractivity contribution in [2.24, 2.45) is 7.05 Å². The average Bonchev–Trinajstić information content (AvgIpc) is 3.20. The maximum absolute atomic E-state index is 12.9. The van der Waals surface area contributed by atoms with Gasteiger partial charge in [0.25, 0.3) is 17.7 Å². The Labute approximate surface area is 187 Å². The third-order valence-electron chi connectivity index (χ3n) is 5.89. The number of hydrogen-bond acceptors (Lipinski definition) is 4. The molecule has 160 valence electrons. The molecule has 0 spiro atoms. The smallest absolute Gasteiger partial charge is 0.259 e. The standard InChI is InChI=1S/C24H18ClN3O4/c1-27(2)24(32)14-9-16-13(10-18(14)29)19-17(28(16)3)8-12(11-6-4-5-7-15(11)25)20-21(19)23(31)26-22(20)30/h4-10,29H,1-3H3,(H,26,30,31). The fourth-order valence-electron chi connectivity index (χ4n) is 4.39. The third-order valence-corrected chi connectivity index (χ3v) is 6.22. The quantitative estimate of drug-likeness (QED) is 0.455. The van der Waals surface area contributed by atoms with Gasteiger partial charge >= 0.3 is 0 Å². The van der Waals surface area contributed by atoms with Gasteiger partial charge in [0, 0.05) is 48.0 Å². The number of fused-ring (bicyclic) bond motifs is 5. The van der Waals surface area contributed by atoms with Gasteiger partial charge in [-0.25, -0.2) is 0 Å². The molecule has 0 bridgehead atoms. The topological polar surface area (TPSA) is 91.6 Å². The number of benzene rings is 3.